The van der Waals surface area contributed by atoms with Gasteiger partial charge in [0.1, 0.15) is 6.10 Å². The van der Waals surface area contributed by atoms with Crippen LogP contribution in [-0.2, 0) is 0 Å². The largest absolute Gasteiger partial charge is 0.474 e. The molecule has 2 amide bonds. The number of nitrogens with one attached hydrogen (secondary N) is 2. The third-order valence-electron chi connectivity index (χ3n) is 8.62. The standard InChI is InChI=1S/C30H44N6O2.H2/c1-22(2)35-17-14-25(15-18-35)34(3)27-16-19-36(21-27)26-11-8-23(9-12-26)32-30(37)33-24-10-13-29(31-20-24)38-28-6-4-5-7-28;/h8-13,20,22,25,27-28H,4-7,14-19,21H2,1-3H3,(H2,32,33,37);1H. The van der Waals surface area contributed by atoms with E-state index in [1.165, 1.54) is 50.9 Å². The van der Waals surface area contributed by atoms with Gasteiger partial charge in [0.05, 0.1) is 11.9 Å². The lowest BCUT2D eigenvalue weighted by molar-refractivity contribution is 0.0876. The zero-order valence-electron chi connectivity index (χ0n) is 23.2. The van der Waals surface area contributed by atoms with Crippen molar-refractivity contribution in [2.75, 3.05) is 48.8 Å². The Morgan fingerprint density at radius 1 is 0.947 bits per heavy atom. The molecule has 3 aliphatic rings. The molecule has 1 aliphatic carbocycles. The van der Waals surface area contributed by atoms with Crippen molar-refractivity contribution in [2.45, 2.75) is 83.0 Å². The number of urea groups is 1. The average molecular weight is 523 g/mol. The molecule has 0 radical (unpaired) electrons. The van der Waals surface area contributed by atoms with Gasteiger partial charge in [-0.05, 0) is 109 Å². The second kappa shape index (κ2) is 12.3. The Morgan fingerprint density at radius 2 is 1.61 bits per heavy atom. The van der Waals surface area contributed by atoms with Gasteiger partial charge in [-0.3, -0.25) is 4.90 Å². The number of benzene rings is 1. The fourth-order valence-corrected chi connectivity index (χ4v) is 6.17. The SMILES string of the molecule is CC(C)N1CCC(N(C)C2CCN(c3ccc(NC(=O)Nc4ccc(OC5CCCC5)nc4)cc3)C2)CC1.[HH]. The van der Waals surface area contributed by atoms with Crippen LogP contribution in [0.25, 0.3) is 0 Å². The van der Waals surface area contributed by atoms with Crippen molar-refractivity contribution in [1.82, 2.24) is 14.8 Å². The predicted octanol–water partition coefficient (Wildman–Crippen LogP) is 5.68. The number of ether oxygens (including phenoxy) is 1. The van der Waals surface area contributed by atoms with E-state index in [-0.39, 0.29) is 13.6 Å². The van der Waals surface area contributed by atoms with E-state index < -0.39 is 0 Å². The van der Waals surface area contributed by atoms with Crippen molar-refractivity contribution in [3.63, 3.8) is 0 Å². The number of aromatic nitrogens is 1. The molecule has 1 aromatic carbocycles. The first-order chi connectivity index (χ1) is 18.4. The topological polar surface area (TPSA) is 73.0 Å². The van der Waals surface area contributed by atoms with Crippen molar-refractivity contribution in [3.8, 4) is 5.88 Å². The van der Waals surface area contributed by atoms with Gasteiger partial charge in [-0.15, -0.1) is 0 Å². The number of hydrogen-bond donors (Lipinski definition) is 2. The predicted molar refractivity (Wildman–Crippen MR) is 156 cm³/mol. The number of likely N-dealkylation sites (N-methyl/N-ethyl adjacent to an activating group) is 1. The Morgan fingerprint density at radius 3 is 2.26 bits per heavy atom. The molecule has 2 aliphatic heterocycles. The molecule has 3 fully saturated rings. The number of amides is 2. The van der Waals surface area contributed by atoms with Crippen LogP contribution in [0, 0.1) is 0 Å². The maximum absolute atomic E-state index is 12.5. The Balaban J connectivity index is 0.00000353. The number of hydrogen-bond acceptors (Lipinski definition) is 6. The summed E-state index contributed by atoms with van der Waals surface area (Å²) in [5.74, 6) is 0.616. The number of likely N-dealkylation sites (tertiary alicyclic amines) is 1. The summed E-state index contributed by atoms with van der Waals surface area (Å²) in [6.07, 6.45) is 10.3. The van der Waals surface area contributed by atoms with Crippen molar-refractivity contribution < 1.29 is 11.0 Å². The van der Waals surface area contributed by atoms with Crippen LogP contribution in [0.5, 0.6) is 5.88 Å². The monoisotopic (exact) mass is 522 g/mol. The van der Waals surface area contributed by atoms with Gasteiger partial charge in [-0.1, -0.05) is 0 Å². The van der Waals surface area contributed by atoms with Crippen LogP contribution in [0.4, 0.5) is 21.9 Å². The number of carbonyl (C=O) groups excluding carboxylic acids is 1. The molecule has 3 heterocycles. The molecule has 1 unspecified atom stereocenters. The molecular weight excluding hydrogens is 476 g/mol. The second-order valence-electron chi connectivity index (χ2n) is 11.5. The van der Waals surface area contributed by atoms with Crippen LogP contribution >= 0.6 is 0 Å². The van der Waals surface area contributed by atoms with Crippen LogP contribution in [0.15, 0.2) is 42.6 Å². The van der Waals surface area contributed by atoms with Gasteiger partial charge in [0.25, 0.3) is 0 Å². The summed E-state index contributed by atoms with van der Waals surface area (Å²) in [5.41, 5.74) is 2.62. The van der Waals surface area contributed by atoms with Crippen LogP contribution < -0.4 is 20.3 Å². The number of pyridine rings is 1. The molecule has 5 rings (SSSR count). The maximum atomic E-state index is 12.5. The molecule has 0 bridgehead atoms. The highest BCUT2D eigenvalue weighted by Gasteiger charge is 2.32. The Labute approximate surface area is 229 Å². The number of piperidine rings is 1. The summed E-state index contributed by atoms with van der Waals surface area (Å²) in [7, 11) is 2.32. The highest BCUT2D eigenvalue weighted by molar-refractivity contribution is 5.99. The summed E-state index contributed by atoms with van der Waals surface area (Å²) in [4.78, 5) is 24.6. The van der Waals surface area contributed by atoms with E-state index >= 15 is 0 Å². The summed E-state index contributed by atoms with van der Waals surface area (Å²) in [6, 6.07) is 13.5. The Kier molecular flexibility index (Phi) is 8.69. The number of anilines is 3. The lowest BCUT2D eigenvalue weighted by Gasteiger charge is -2.40. The lowest BCUT2D eigenvalue weighted by Crippen LogP contribution is -2.49. The minimum atomic E-state index is -0.282. The van der Waals surface area contributed by atoms with Crippen LogP contribution in [0.2, 0.25) is 0 Å². The third-order valence-corrected chi connectivity index (χ3v) is 8.62. The minimum Gasteiger partial charge on any atom is -0.474 e. The zero-order valence-corrected chi connectivity index (χ0v) is 23.2. The van der Waals surface area contributed by atoms with Crippen LogP contribution in [-0.4, -0.2) is 78.3 Å². The first kappa shape index (κ1) is 26.8. The van der Waals surface area contributed by atoms with E-state index in [0.717, 1.165) is 31.6 Å². The van der Waals surface area contributed by atoms with Gasteiger partial charge in [-0.2, -0.15) is 0 Å². The van der Waals surface area contributed by atoms with Gasteiger partial charge in [0, 0.05) is 50.1 Å². The fraction of sp³-hybridized carbons (Fsp3) is 0.600. The van der Waals surface area contributed by atoms with Gasteiger partial charge in [0.2, 0.25) is 5.88 Å². The van der Waals surface area contributed by atoms with E-state index in [2.05, 4.69) is 63.3 Å². The molecule has 2 aromatic rings. The number of carbonyl (C=O) groups is 1. The fourth-order valence-electron chi connectivity index (χ4n) is 6.17. The molecule has 8 heteroatoms. The quantitative estimate of drug-likeness (QED) is 0.465. The summed E-state index contributed by atoms with van der Waals surface area (Å²) < 4.78 is 5.90. The van der Waals surface area contributed by atoms with Gasteiger partial charge >= 0.3 is 6.03 Å². The lowest BCUT2D eigenvalue weighted by atomic mass is 10.0. The van der Waals surface area contributed by atoms with Crippen molar-refractivity contribution in [3.05, 3.63) is 42.6 Å². The number of nitrogens with zero attached hydrogens (tertiary/aromatic N) is 4. The molecular formula is C30H46N6O2. The molecule has 1 aromatic heterocycles. The first-order valence-electron chi connectivity index (χ1n) is 14.5. The molecule has 2 N–H and O–H groups in total. The van der Waals surface area contributed by atoms with E-state index in [9.17, 15) is 4.79 Å². The van der Waals surface area contributed by atoms with Crippen molar-refractivity contribution in [1.29, 1.82) is 0 Å². The Bertz CT molecular complexity index is 1040. The molecule has 0 spiro atoms. The molecule has 208 valence electrons. The summed E-state index contributed by atoms with van der Waals surface area (Å²) in [5, 5.41) is 5.78. The van der Waals surface area contributed by atoms with E-state index in [4.69, 9.17) is 4.74 Å². The minimum absolute atomic E-state index is 0. The number of rotatable bonds is 8. The highest BCUT2D eigenvalue weighted by Crippen LogP contribution is 2.28. The summed E-state index contributed by atoms with van der Waals surface area (Å²) in [6.45, 7) is 9.15. The zero-order chi connectivity index (χ0) is 26.5. The van der Waals surface area contributed by atoms with E-state index in [1.54, 1.807) is 6.20 Å². The van der Waals surface area contributed by atoms with Gasteiger partial charge in [0.15, 0.2) is 0 Å². The highest BCUT2D eigenvalue weighted by atomic mass is 16.5. The van der Waals surface area contributed by atoms with Crippen molar-refractivity contribution >= 4 is 23.1 Å². The van der Waals surface area contributed by atoms with Crippen LogP contribution in [0.3, 0.4) is 0 Å². The maximum Gasteiger partial charge on any atom is 0.323 e. The van der Waals surface area contributed by atoms with E-state index in [0.29, 0.717) is 29.7 Å². The normalized spacial score (nSPS) is 21.4. The Hall–Kier alpha value is -2.84. The average Bonchev–Trinajstić information content (AvgIpc) is 3.63. The molecule has 1 saturated carbocycles. The summed E-state index contributed by atoms with van der Waals surface area (Å²) >= 11 is 0. The third kappa shape index (κ3) is 6.77. The van der Waals surface area contributed by atoms with E-state index in [1.807, 2.05) is 24.3 Å². The van der Waals surface area contributed by atoms with Gasteiger partial charge in [-0.25, -0.2) is 9.78 Å². The molecule has 8 nitrogen and oxygen atoms in total. The smallest absolute Gasteiger partial charge is 0.323 e. The van der Waals surface area contributed by atoms with Gasteiger partial charge < -0.3 is 25.2 Å². The molecule has 2 saturated heterocycles. The second-order valence-corrected chi connectivity index (χ2v) is 11.5. The van der Waals surface area contributed by atoms with Crippen LogP contribution in [0.1, 0.15) is 60.2 Å². The molecule has 38 heavy (non-hydrogen) atoms. The first-order valence-corrected chi connectivity index (χ1v) is 14.5. The van der Waals surface area contributed by atoms with Crippen molar-refractivity contribution in [2.24, 2.45) is 0 Å². The molecule has 1 atom stereocenters.